The largest absolute Gasteiger partial charge is 0.362 e. The third-order valence-electron chi connectivity index (χ3n) is 2.53. The molecule has 4 nitrogen and oxygen atoms in total. The molecule has 0 bridgehead atoms. The molecule has 0 fully saturated rings. The van der Waals surface area contributed by atoms with Crippen molar-refractivity contribution in [3.8, 4) is 0 Å². The number of carbonyl (C=O) groups is 1. The van der Waals surface area contributed by atoms with Gasteiger partial charge in [-0.2, -0.15) is 0 Å². The number of hydrogen-bond donors (Lipinski definition) is 2. The first kappa shape index (κ1) is 9.92. The molecular formula is C10H12FN3O. The Morgan fingerprint density at radius 2 is 2.40 bits per heavy atom. The lowest BCUT2D eigenvalue weighted by atomic mass is 10.2. The maximum Gasteiger partial charge on any atom is 0.253 e. The molecule has 5 heteroatoms. The number of fused-ring (bicyclic) bond motifs is 1. The number of halogens is 1. The van der Waals surface area contributed by atoms with Crippen LogP contribution in [0.15, 0.2) is 18.2 Å². The molecule has 1 aromatic carbocycles. The third-order valence-corrected chi connectivity index (χ3v) is 2.53. The topological polar surface area (TPSA) is 58.4 Å². The van der Waals surface area contributed by atoms with Crippen LogP contribution in [0.5, 0.6) is 0 Å². The van der Waals surface area contributed by atoms with Crippen LogP contribution in [0.1, 0.15) is 5.56 Å². The zero-order chi connectivity index (χ0) is 10.8. The Balaban J connectivity index is 2.20. The molecular weight excluding hydrogens is 197 g/mol. The Labute approximate surface area is 86.8 Å². The van der Waals surface area contributed by atoms with Crippen LogP contribution in [0.4, 0.5) is 10.1 Å². The average Bonchev–Trinajstić information content (AvgIpc) is 2.61. The lowest BCUT2D eigenvalue weighted by molar-refractivity contribution is -0.119. The molecule has 0 radical (unpaired) electrons. The van der Waals surface area contributed by atoms with E-state index in [1.807, 2.05) is 4.90 Å². The molecule has 0 aromatic heterocycles. The lowest BCUT2D eigenvalue weighted by Crippen LogP contribution is -2.39. The average molecular weight is 209 g/mol. The first-order valence-electron chi connectivity index (χ1n) is 4.73. The van der Waals surface area contributed by atoms with Crippen LogP contribution in [0.3, 0.4) is 0 Å². The van der Waals surface area contributed by atoms with Crippen LogP contribution in [-0.4, -0.2) is 19.0 Å². The van der Waals surface area contributed by atoms with E-state index in [0.29, 0.717) is 0 Å². The van der Waals surface area contributed by atoms with Crippen molar-refractivity contribution in [3.05, 3.63) is 29.6 Å². The summed E-state index contributed by atoms with van der Waals surface area (Å²) in [5.41, 5.74) is 3.92. The second-order valence-corrected chi connectivity index (χ2v) is 3.51. The highest BCUT2D eigenvalue weighted by molar-refractivity contribution is 5.81. The summed E-state index contributed by atoms with van der Waals surface area (Å²) in [6.45, 7) is 0.902. The summed E-state index contributed by atoms with van der Waals surface area (Å²) in [5, 5.41) is 0. The van der Waals surface area contributed by atoms with Crippen LogP contribution >= 0.6 is 0 Å². The Hall–Kier alpha value is -1.62. The number of nitrogens with zero attached hydrogens (tertiary/aromatic N) is 1. The first-order chi connectivity index (χ1) is 7.20. The Bertz CT molecular complexity index is 394. The predicted molar refractivity (Wildman–Crippen MR) is 54.6 cm³/mol. The van der Waals surface area contributed by atoms with E-state index in [0.717, 1.165) is 24.2 Å². The van der Waals surface area contributed by atoms with Gasteiger partial charge in [-0.25, -0.2) is 10.2 Å². The van der Waals surface area contributed by atoms with Gasteiger partial charge < -0.3 is 4.90 Å². The van der Waals surface area contributed by atoms with Gasteiger partial charge in [-0.1, -0.05) is 6.07 Å². The number of nitrogens with one attached hydrogen (secondary N) is 1. The maximum atomic E-state index is 13.0. The van der Waals surface area contributed by atoms with E-state index in [2.05, 4.69) is 5.43 Å². The third kappa shape index (κ3) is 1.92. The van der Waals surface area contributed by atoms with E-state index in [1.165, 1.54) is 12.1 Å². The van der Waals surface area contributed by atoms with Crippen molar-refractivity contribution in [1.29, 1.82) is 0 Å². The summed E-state index contributed by atoms with van der Waals surface area (Å²) < 4.78 is 13.0. The SMILES string of the molecule is NNC(=O)CN1CCc2ccc(F)cc21. The maximum absolute atomic E-state index is 13.0. The molecule has 3 N–H and O–H groups in total. The number of benzene rings is 1. The van der Waals surface area contributed by atoms with Gasteiger partial charge in [-0.05, 0) is 24.1 Å². The standard InChI is InChI=1S/C10H12FN3O/c11-8-2-1-7-3-4-14(9(7)5-8)6-10(15)13-12/h1-2,5H,3-4,6,12H2,(H,13,15). The monoisotopic (exact) mass is 209 g/mol. The van der Waals surface area contributed by atoms with Gasteiger partial charge in [0.1, 0.15) is 5.82 Å². The molecule has 1 heterocycles. The number of rotatable bonds is 2. The van der Waals surface area contributed by atoms with Gasteiger partial charge in [-0.3, -0.25) is 10.2 Å². The summed E-state index contributed by atoms with van der Waals surface area (Å²) in [7, 11) is 0. The van der Waals surface area contributed by atoms with Crippen molar-refractivity contribution in [3.63, 3.8) is 0 Å². The molecule has 15 heavy (non-hydrogen) atoms. The van der Waals surface area contributed by atoms with Crippen LogP contribution in [0.25, 0.3) is 0 Å². The second-order valence-electron chi connectivity index (χ2n) is 3.51. The van der Waals surface area contributed by atoms with Gasteiger partial charge >= 0.3 is 0 Å². The van der Waals surface area contributed by atoms with E-state index in [1.54, 1.807) is 6.07 Å². The van der Waals surface area contributed by atoms with E-state index in [4.69, 9.17) is 5.84 Å². The molecule has 1 aromatic rings. The highest BCUT2D eigenvalue weighted by Crippen LogP contribution is 2.28. The van der Waals surface area contributed by atoms with E-state index >= 15 is 0 Å². The zero-order valence-electron chi connectivity index (χ0n) is 8.16. The minimum atomic E-state index is -0.284. The fourth-order valence-corrected chi connectivity index (χ4v) is 1.80. The number of hydrogen-bond acceptors (Lipinski definition) is 3. The van der Waals surface area contributed by atoms with Crippen molar-refractivity contribution >= 4 is 11.6 Å². The molecule has 1 aliphatic rings. The number of hydrazine groups is 1. The molecule has 0 aliphatic carbocycles. The van der Waals surface area contributed by atoms with Gasteiger partial charge in [0, 0.05) is 12.2 Å². The summed E-state index contributed by atoms with van der Waals surface area (Å²) in [6.07, 6.45) is 0.841. The Morgan fingerprint density at radius 3 is 3.13 bits per heavy atom. The summed E-state index contributed by atoms with van der Waals surface area (Å²) in [5.74, 6) is 4.45. The molecule has 0 saturated carbocycles. The van der Waals surface area contributed by atoms with Crippen LogP contribution in [-0.2, 0) is 11.2 Å². The number of nitrogens with two attached hydrogens (primary N) is 1. The quantitative estimate of drug-likeness (QED) is 0.415. The Kier molecular flexibility index (Phi) is 2.55. The van der Waals surface area contributed by atoms with E-state index < -0.39 is 0 Å². The normalized spacial score (nSPS) is 13.9. The highest BCUT2D eigenvalue weighted by Gasteiger charge is 2.21. The summed E-state index contributed by atoms with van der Waals surface area (Å²) in [6, 6.07) is 4.64. The van der Waals surface area contributed by atoms with Crippen LogP contribution in [0, 0.1) is 5.82 Å². The fourth-order valence-electron chi connectivity index (χ4n) is 1.80. The van der Waals surface area contributed by atoms with Gasteiger partial charge in [0.25, 0.3) is 5.91 Å². The van der Waals surface area contributed by atoms with Crippen molar-refractivity contribution in [2.75, 3.05) is 18.0 Å². The number of carbonyl (C=O) groups excluding carboxylic acids is 1. The molecule has 2 rings (SSSR count). The molecule has 0 spiro atoms. The molecule has 0 atom stereocenters. The van der Waals surface area contributed by atoms with Crippen LogP contribution in [0.2, 0.25) is 0 Å². The van der Waals surface area contributed by atoms with Gasteiger partial charge in [-0.15, -0.1) is 0 Å². The second kappa shape index (κ2) is 3.86. The van der Waals surface area contributed by atoms with E-state index in [-0.39, 0.29) is 18.3 Å². The van der Waals surface area contributed by atoms with E-state index in [9.17, 15) is 9.18 Å². The minimum absolute atomic E-state index is 0.174. The van der Waals surface area contributed by atoms with Gasteiger partial charge in [0.05, 0.1) is 6.54 Å². The summed E-state index contributed by atoms with van der Waals surface area (Å²) in [4.78, 5) is 12.9. The minimum Gasteiger partial charge on any atom is -0.362 e. The summed E-state index contributed by atoms with van der Waals surface area (Å²) >= 11 is 0. The van der Waals surface area contributed by atoms with Crippen LogP contribution < -0.4 is 16.2 Å². The van der Waals surface area contributed by atoms with Gasteiger partial charge in [0.15, 0.2) is 0 Å². The fraction of sp³-hybridized carbons (Fsp3) is 0.300. The lowest BCUT2D eigenvalue weighted by Gasteiger charge is -2.17. The molecule has 1 aliphatic heterocycles. The van der Waals surface area contributed by atoms with Crippen molar-refractivity contribution in [1.82, 2.24) is 5.43 Å². The molecule has 1 amide bonds. The van der Waals surface area contributed by atoms with Crippen molar-refractivity contribution in [2.24, 2.45) is 5.84 Å². The highest BCUT2D eigenvalue weighted by atomic mass is 19.1. The first-order valence-corrected chi connectivity index (χ1v) is 4.73. The number of amides is 1. The van der Waals surface area contributed by atoms with Crippen molar-refractivity contribution < 1.29 is 9.18 Å². The number of anilines is 1. The molecule has 0 unspecified atom stereocenters. The zero-order valence-corrected chi connectivity index (χ0v) is 8.16. The van der Waals surface area contributed by atoms with Gasteiger partial charge in [0.2, 0.25) is 0 Å². The smallest absolute Gasteiger partial charge is 0.253 e. The molecule has 0 saturated heterocycles. The Morgan fingerprint density at radius 1 is 1.60 bits per heavy atom. The van der Waals surface area contributed by atoms with Crippen molar-refractivity contribution in [2.45, 2.75) is 6.42 Å². The predicted octanol–water partition coefficient (Wildman–Crippen LogP) is 0.178. The molecule has 80 valence electrons.